The molecule has 0 bridgehead atoms. The summed E-state index contributed by atoms with van der Waals surface area (Å²) in [7, 11) is 3.33. The van der Waals surface area contributed by atoms with Gasteiger partial charge in [0.15, 0.2) is 5.01 Å². The summed E-state index contributed by atoms with van der Waals surface area (Å²) < 4.78 is 11.9. The molecule has 0 saturated heterocycles. The van der Waals surface area contributed by atoms with Gasteiger partial charge in [0.25, 0.3) is 0 Å². The van der Waals surface area contributed by atoms with E-state index in [-0.39, 0.29) is 0 Å². The molecule has 0 aliphatic heterocycles. The van der Waals surface area contributed by atoms with Crippen LogP contribution in [0.15, 0.2) is 42.5 Å². The molecular formula is C18H15N3O2S2. The first-order valence-corrected chi connectivity index (χ1v) is 9.30. The zero-order valence-electron chi connectivity index (χ0n) is 13.7. The Morgan fingerprint density at radius 3 is 2.48 bits per heavy atom. The minimum atomic E-state index is 0.662. The van der Waals surface area contributed by atoms with Crippen molar-refractivity contribution < 1.29 is 9.47 Å². The molecule has 0 aliphatic rings. The van der Waals surface area contributed by atoms with Gasteiger partial charge in [-0.2, -0.15) is 0 Å². The molecule has 7 heteroatoms. The van der Waals surface area contributed by atoms with E-state index in [0.29, 0.717) is 6.42 Å². The molecule has 2 aromatic heterocycles. The van der Waals surface area contributed by atoms with Crippen molar-refractivity contribution in [1.29, 1.82) is 0 Å². The molecule has 25 heavy (non-hydrogen) atoms. The van der Waals surface area contributed by atoms with Crippen LogP contribution in [0.2, 0.25) is 0 Å². The number of hydrogen-bond acceptors (Lipinski definition) is 7. The third-order valence-electron chi connectivity index (χ3n) is 3.75. The van der Waals surface area contributed by atoms with E-state index < -0.39 is 0 Å². The first-order chi connectivity index (χ1) is 12.3. The topological polar surface area (TPSA) is 57.1 Å². The van der Waals surface area contributed by atoms with Crippen molar-refractivity contribution in [2.24, 2.45) is 0 Å². The standard InChI is InChI=1S/C18H15N3O2S2/c1-22-12-7-4-3-6-11(12)18-21-20-16(25-18)10-15-19-17-13(23-2)8-5-9-14(17)24-15/h3-9H,10H2,1-2H3. The summed E-state index contributed by atoms with van der Waals surface area (Å²) in [6.07, 6.45) is 0.662. The van der Waals surface area contributed by atoms with Crippen LogP contribution in [-0.4, -0.2) is 29.4 Å². The second kappa shape index (κ2) is 6.78. The molecule has 0 amide bonds. The Morgan fingerprint density at radius 1 is 0.840 bits per heavy atom. The second-order valence-corrected chi connectivity index (χ2v) is 7.47. The van der Waals surface area contributed by atoms with Crippen LogP contribution in [0.3, 0.4) is 0 Å². The van der Waals surface area contributed by atoms with Gasteiger partial charge in [-0.1, -0.05) is 29.5 Å². The maximum Gasteiger partial charge on any atom is 0.151 e. The molecule has 4 rings (SSSR count). The normalized spacial score (nSPS) is 11.0. The lowest BCUT2D eigenvalue weighted by Gasteiger charge is -2.03. The number of benzene rings is 2. The Balaban J connectivity index is 1.63. The number of hydrogen-bond donors (Lipinski definition) is 0. The average Bonchev–Trinajstić information content (AvgIpc) is 3.28. The Hall–Kier alpha value is -2.51. The summed E-state index contributed by atoms with van der Waals surface area (Å²) in [6, 6.07) is 13.8. The highest BCUT2D eigenvalue weighted by Gasteiger charge is 2.14. The predicted molar refractivity (Wildman–Crippen MR) is 101 cm³/mol. The van der Waals surface area contributed by atoms with Crippen molar-refractivity contribution in [2.45, 2.75) is 6.42 Å². The van der Waals surface area contributed by atoms with Crippen molar-refractivity contribution in [3.63, 3.8) is 0 Å². The van der Waals surface area contributed by atoms with E-state index in [2.05, 4.69) is 16.3 Å². The molecule has 126 valence electrons. The molecule has 0 spiro atoms. The van der Waals surface area contributed by atoms with E-state index in [1.165, 1.54) is 0 Å². The lowest BCUT2D eigenvalue weighted by Crippen LogP contribution is -1.87. The highest BCUT2D eigenvalue weighted by Crippen LogP contribution is 2.34. The van der Waals surface area contributed by atoms with E-state index in [4.69, 9.17) is 14.5 Å². The van der Waals surface area contributed by atoms with Gasteiger partial charge in [0, 0.05) is 0 Å². The molecule has 0 atom stereocenters. The van der Waals surface area contributed by atoms with Crippen molar-refractivity contribution in [2.75, 3.05) is 14.2 Å². The number of thiazole rings is 1. The number of methoxy groups -OCH3 is 2. The monoisotopic (exact) mass is 369 g/mol. The van der Waals surface area contributed by atoms with Crippen LogP contribution in [0.4, 0.5) is 0 Å². The van der Waals surface area contributed by atoms with Crippen LogP contribution in [0.1, 0.15) is 10.0 Å². The van der Waals surface area contributed by atoms with Crippen molar-refractivity contribution >= 4 is 32.9 Å². The maximum atomic E-state index is 5.41. The number of aromatic nitrogens is 3. The SMILES string of the molecule is COc1ccccc1-c1nnc(Cc2nc3c(OC)cccc3s2)s1. The van der Waals surface area contributed by atoms with Crippen molar-refractivity contribution in [1.82, 2.24) is 15.2 Å². The summed E-state index contributed by atoms with van der Waals surface area (Å²) >= 11 is 3.22. The van der Waals surface area contributed by atoms with Crippen LogP contribution in [0, 0.1) is 0 Å². The van der Waals surface area contributed by atoms with Crippen LogP contribution in [0.5, 0.6) is 11.5 Å². The minimum Gasteiger partial charge on any atom is -0.496 e. The van der Waals surface area contributed by atoms with Gasteiger partial charge < -0.3 is 9.47 Å². The Labute approximate surface area is 152 Å². The molecule has 2 aromatic carbocycles. The summed E-state index contributed by atoms with van der Waals surface area (Å²) in [5.74, 6) is 1.60. The third-order valence-corrected chi connectivity index (χ3v) is 5.73. The smallest absolute Gasteiger partial charge is 0.151 e. The van der Waals surface area contributed by atoms with Gasteiger partial charge >= 0.3 is 0 Å². The first kappa shape index (κ1) is 16.0. The zero-order valence-corrected chi connectivity index (χ0v) is 15.4. The van der Waals surface area contributed by atoms with Gasteiger partial charge in [0.2, 0.25) is 0 Å². The van der Waals surface area contributed by atoms with Crippen LogP contribution in [0.25, 0.3) is 20.8 Å². The van der Waals surface area contributed by atoms with E-state index in [1.807, 2.05) is 36.4 Å². The zero-order chi connectivity index (χ0) is 17.2. The average molecular weight is 369 g/mol. The quantitative estimate of drug-likeness (QED) is 0.521. The summed E-state index contributed by atoms with van der Waals surface area (Å²) in [4.78, 5) is 4.70. The van der Waals surface area contributed by atoms with Gasteiger partial charge in [-0.05, 0) is 24.3 Å². The molecule has 0 saturated carbocycles. The molecule has 0 fully saturated rings. The predicted octanol–water partition coefficient (Wildman–Crippen LogP) is 4.42. The molecular weight excluding hydrogens is 354 g/mol. The number of fused-ring (bicyclic) bond motifs is 1. The molecule has 4 aromatic rings. The van der Waals surface area contributed by atoms with Crippen LogP contribution >= 0.6 is 22.7 Å². The number of nitrogens with zero attached hydrogens (tertiary/aromatic N) is 3. The van der Waals surface area contributed by atoms with Gasteiger partial charge in [0.05, 0.1) is 30.9 Å². The number of para-hydroxylation sites is 2. The van der Waals surface area contributed by atoms with E-state index in [0.717, 1.165) is 42.3 Å². The summed E-state index contributed by atoms with van der Waals surface area (Å²) in [6.45, 7) is 0. The van der Waals surface area contributed by atoms with E-state index >= 15 is 0 Å². The maximum absolute atomic E-state index is 5.41. The van der Waals surface area contributed by atoms with Crippen LogP contribution < -0.4 is 9.47 Å². The molecule has 0 aliphatic carbocycles. The number of rotatable bonds is 5. The van der Waals surface area contributed by atoms with E-state index in [1.54, 1.807) is 36.9 Å². The lowest BCUT2D eigenvalue weighted by molar-refractivity contribution is 0.416. The van der Waals surface area contributed by atoms with Gasteiger partial charge in [0.1, 0.15) is 27.0 Å². The number of ether oxygens (including phenoxy) is 2. The van der Waals surface area contributed by atoms with E-state index in [9.17, 15) is 0 Å². The van der Waals surface area contributed by atoms with Gasteiger partial charge in [-0.15, -0.1) is 21.5 Å². The fraction of sp³-hybridized carbons (Fsp3) is 0.167. The Bertz CT molecular complexity index is 1030. The Kier molecular flexibility index (Phi) is 4.33. The van der Waals surface area contributed by atoms with Crippen molar-refractivity contribution in [3.8, 4) is 22.1 Å². The highest BCUT2D eigenvalue weighted by molar-refractivity contribution is 7.19. The van der Waals surface area contributed by atoms with Gasteiger partial charge in [-0.3, -0.25) is 0 Å². The fourth-order valence-corrected chi connectivity index (χ4v) is 4.55. The Morgan fingerprint density at radius 2 is 1.64 bits per heavy atom. The van der Waals surface area contributed by atoms with Crippen LogP contribution in [-0.2, 0) is 6.42 Å². The third kappa shape index (κ3) is 3.08. The lowest BCUT2D eigenvalue weighted by atomic mass is 10.2. The molecule has 0 unspecified atom stereocenters. The van der Waals surface area contributed by atoms with Crippen molar-refractivity contribution in [3.05, 3.63) is 52.5 Å². The van der Waals surface area contributed by atoms with Gasteiger partial charge in [-0.25, -0.2) is 4.98 Å². The highest BCUT2D eigenvalue weighted by atomic mass is 32.1. The molecule has 0 N–H and O–H groups in total. The molecule has 5 nitrogen and oxygen atoms in total. The first-order valence-electron chi connectivity index (χ1n) is 7.66. The fourth-order valence-electron chi connectivity index (χ4n) is 2.59. The molecule has 2 heterocycles. The molecule has 0 radical (unpaired) electrons. The summed E-state index contributed by atoms with van der Waals surface area (Å²) in [5.41, 5.74) is 1.86. The second-order valence-electron chi connectivity index (χ2n) is 5.29. The largest absolute Gasteiger partial charge is 0.496 e. The summed E-state index contributed by atoms with van der Waals surface area (Å²) in [5, 5.41) is 11.4. The minimum absolute atomic E-state index is 0.662.